The Balaban J connectivity index is 2.28. The minimum atomic E-state index is -1.99. The second kappa shape index (κ2) is 8.72. The Kier molecular flexibility index (Phi) is 7.07. The van der Waals surface area contributed by atoms with Crippen LogP contribution < -0.4 is 5.32 Å². The van der Waals surface area contributed by atoms with Crippen molar-refractivity contribution >= 4 is 11.9 Å². The van der Waals surface area contributed by atoms with Crippen molar-refractivity contribution < 1.29 is 59.5 Å². The summed E-state index contributed by atoms with van der Waals surface area (Å²) in [4.78, 5) is 22.7. The van der Waals surface area contributed by atoms with Gasteiger partial charge in [-0.3, -0.25) is 4.79 Å². The zero-order valence-corrected chi connectivity index (χ0v) is 14.2. The Hall–Kier alpha value is -1.42. The van der Waals surface area contributed by atoms with E-state index in [1.807, 2.05) is 0 Å². The third-order valence-electron chi connectivity index (χ3n) is 4.35. The van der Waals surface area contributed by atoms with Crippen molar-refractivity contribution in [2.75, 3.05) is 6.61 Å². The summed E-state index contributed by atoms with van der Waals surface area (Å²) < 4.78 is 15.3. The molecule has 156 valence electrons. The Bertz CT molecular complexity index is 546. The molecule has 0 spiro atoms. The molecular weight excluding hydrogens is 374 g/mol. The van der Waals surface area contributed by atoms with Gasteiger partial charge in [0.2, 0.25) is 5.91 Å². The van der Waals surface area contributed by atoms with Crippen LogP contribution in [0.3, 0.4) is 0 Å². The fraction of sp³-hybridized carbons (Fsp3) is 0.857. The molecule has 0 aromatic rings. The van der Waals surface area contributed by atoms with Gasteiger partial charge in [0, 0.05) is 6.92 Å². The number of hydrogen-bond acceptors (Lipinski definition) is 11. The van der Waals surface area contributed by atoms with Gasteiger partial charge in [-0.15, -0.1) is 0 Å². The van der Waals surface area contributed by atoms with E-state index < -0.39 is 79.8 Å². The second-order valence-corrected chi connectivity index (χ2v) is 6.30. The number of carbonyl (C=O) groups is 2. The van der Waals surface area contributed by atoms with Crippen LogP contribution in [0.2, 0.25) is 0 Å². The van der Waals surface area contributed by atoms with E-state index in [1.165, 1.54) is 0 Å². The van der Waals surface area contributed by atoms with Gasteiger partial charge < -0.3 is 55.3 Å². The first-order valence-electron chi connectivity index (χ1n) is 8.06. The molecular formula is C14H23NO12. The van der Waals surface area contributed by atoms with E-state index in [4.69, 9.17) is 14.2 Å². The molecule has 0 aliphatic carbocycles. The maximum absolute atomic E-state index is 11.4. The number of aliphatic carboxylic acids is 1. The normalized spacial score (nSPS) is 45.3. The van der Waals surface area contributed by atoms with Gasteiger partial charge in [0.25, 0.3) is 0 Å². The fourth-order valence-electron chi connectivity index (χ4n) is 2.94. The maximum Gasteiger partial charge on any atom is 0.335 e. The Morgan fingerprint density at radius 1 is 1.00 bits per heavy atom. The Morgan fingerprint density at radius 2 is 1.63 bits per heavy atom. The number of carboxylic acids is 1. The largest absolute Gasteiger partial charge is 0.479 e. The van der Waals surface area contributed by atoms with Crippen LogP contribution in [0.25, 0.3) is 0 Å². The third kappa shape index (κ3) is 4.53. The van der Waals surface area contributed by atoms with Crippen molar-refractivity contribution in [2.45, 2.75) is 68.3 Å². The summed E-state index contributed by atoms with van der Waals surface area (Å²) in [5.74, 6) is -2.27. The van der Waals surface area contributed by atoms with E-state index >= 15 is 0 Å². The molecule has 13 heteroatoms. The summed E-state index contributed by atoms with van der Waals surface area (Å²) in [6.45, 7) is 0.366. The molecule has 27 heavy (non-hydrogen) atoms. The van der Waals surface area contributed by atoms with Crippen molar-refractivity contribution in [3.05, 3.63) is 0 Å². The first-order valence-corrected chi connectivity index (χ1v) is 8.06. The van der Waals surface area contributed by atoms with Crippen LogP contribution in [0.15, 0.2) is 0 Å². The number of hydrogen-bond donors (Lipinski definition) is 8. The number of carbonyl (C=O) groups excluding carboxylic acids is 1. The summed E-state index contributed by atoms with van der Waals surface area (Å²) in [6, 6.07) is -1.40. The summed E-state index contributed by atoms with van der Waals surface area (Å²) >= 11 is 0. The summed E-state index contributed by atoms with van der Waals surface area (Å²) in [5, 5.41) is 70.1. The first kappa shape index (κ1) is 21.9. The molecule has 10 atom stereocenters. The monoisotopic (exact) mass is 397 g/mol. The number of nitrogens with one attached hydrogen (secondary N) is 1. The molecule has 1 amide bonds. The number of ether oxygens (including phenoxy) is 3. The predicted molar refractivity (Wildman–Crippen MR) is 80.8 cm³/mol. The highest BCUT2D eigenvalue weighted by molar-refractivity contribution is 5.74. The van der Waals surface area contributed by atoms with Crippen LogP contribution in [0.1, 0.15) is 6.92 Å². The van der Waals surface area contributed by atoms with Gasteiger partial charge in [-0.25, -0.2) is 4.79 Å². The van der Waals surface area contributed by atoms with Crippen molar-refractivity contribution in [3.63, 3.8) is 0 Å². The van der Waals surface area contributed by atoms with E-state index in [-0.39, 0.29) is 0 Å². The SMILES string of the molecule is CC(=O)N[C@H]1[C@@H](O[C@H]2[C@H](O)[C@@H](O)[C@@H](O)O[C@@H]2C(=O)O)O[C@H](CO)[C@@H](O)[C@@H]1O. The molecule has 2 fully saturated rings. The molecule has 8 N–H and O–H groups in total. The molecule has 13 nitrogen and oxygen atoms in total. The minimum Gasteiger partial charge on any atom is -0.479 e. The molecule has 2 rings (SSSR count). The molecule has 2 heterocycles. The average molecular weight is 397 g/mol. The van der Waals surface area contributed by atoms with Crippen molar-refractivity contribution in [1.82, 2.24) is 5.32 Å². The van der Waals surface area contributed by atoms with Gasteiger partial charge in [-0.1, -0.05) is 0 Å². The Morgan fingerprint density at radius 3 is 2.15 bits per heavy atom. The molecule has 2 aliphatic rings. The van der Waals surface area contributed by atoms with Crippen LogP contribution in [0.4, 0.5) is 0 Å². The van der Waals surface area contributed by atoms with Gasteiger partial charge in [-0.2, -0.15) is 0 Å². The van der Waals surface area contributed by atoms with Crippen molar-refractivity contribution in [2.24, 2.45) is 0 Å². The number of carboxylic acid groups (broad SMARTS) is 1. The quantitative estimate of drug-likeness (QED) is 0.218. The van der Waals surface area contributed by atoms with Gasteiger partial charge in [-0.05, 0) is 0 Å². The van der Waals surface area contributed by atoms with Gasteiger partial charge in [0.1, 0.15) is 42.7 Å². The number of rotatable bonds is 5. The highest BCUT2D eigenvalue weighted by atomic mass is 16.7. The van der Waals surface area contributed by atoms with Crippen LogP contribution in [0.5, 0.6) is 0 Å². The summed E-state index contributed by atoms with van der Waals surface area (Å²) in [6.07, 6.45) is -15.7. The molecule has 2 aliphatic heterocycles. The lowest BCUT2D eigenvalue weighted by atomic mass is 9.95. The van der Waals surface area contributed by atoms with E-state index in [0.29, 0.717) is 0 Å². The molecule has 0 unspecified atom stereocenters. The highest BCUT2D eigenvalue weighted by Crippen LogP contribution is 2.28. The maximum atomic E-state index is 11.4. The first-order chi connectivity index (χ1) is 12.6. The molecule has 0 bridgehead atoms. The van der Waals surface area contributed by atoms with E-state index in [1.54, 1.807) is 0 Å². The molecule has 0 aromatic heterocycles. The molecule has 0 radical (unpaired) electrons. The second-order valence-electron chi connectivity index (χ2n) is 6.30. The van der Waals surface area contributed by atoms with Gasteiger partial charge in [0.15, 0.2) is 18.7 Å². The highest BCUT2D eigenvalue weighted by Gasteiger charge is 2.52. The summed E-state index contributed by atoms with van der Waals surface area (Å²) in [5.41, 5.74) is 0. The smallest absolute Gasteiger partial charge is 0.335 e. The van der Waals surface area contributed by atoms with Crippen LogP contribution in [-0.2, 0) is 23.8 Å². The van der Waals surface area contributed by atoms with Gasteiger partial charge >= 0.3 is 5.97 Å². The van der Waals surface area contributed by atoms with Crippen molar-refractivity contribution in [1.29, 1.82) is 0 Å². The van der Waals surface area contributed by atoms with Crippen molar-refractivity contribution in [3.8, 4) is 0 Å². The minimum absolute atomic E-state index is 0.642. The lowest BCUT2D eigenvalue weighted by Crippen LogP contribution is -2.67. The standard InChI is InChI=1S/C14H23NO12/c1-3(17)15-5-7(19)6(18)4(2-16)25-14(5)27-10-8(20)9(21)13(24)26-11(10)12(22)23/h4-11,13-14,16,18-21,24H,2H2,1H3,(H,15,17)(H,22,23)/t4-,5-,6-,7-,8-,9-,10+,11+,13+,14-/m1/s1. The number of aliphatic hydroxyl groups is 6. The molecule has 2 saturated heterocycles. The zero-order valence-electron chi connectivity index (χ0n) is 14.2. The van der Waals surface area contributed by atoms with Crippen LogP contribution in [-0.4, -0.2) is 116 Å². The van der Waals surface area contributed by atoms with E-state index in [0.717, 1.165) is 6.92 Å². The Labute approximate surface area is 152 Å². The lowest BCUT2D eigenvalue weighted by Gasteiger charge is -2.46. The zero-order chi connectivity index (χ0) is 20.5. The average Bonchev–Trinajstić information content (AvgIpc) is 2.60. The third-order valence-corrected chi connectivity index (χ3v) is 4.35. The number of amides is 1. The molecule has 0 aromatic carbocycles. The predicted octanol–water partition coefficient (Wildman–Crippen LogP) is -5.16. The van der Waals surface area contributed by atoms with E-state index in [2.05, 4.69) is 5.32 Å². The lowest BCUT2D eigenvalue weighted by molar-refractivity contribution is -0.335. The fourth-order valence-corrected chi connectivity index (χ4v) is 2.94. The van der Waals surface area contributed by atoms with Crippen LogP contribution >= 0.6 is 0 Å². The molecule has 0 saturated carbocycles. The van der Waals surface area contributed by atoms with Crippen LogP contribution in [0, 0.1) is 0 Å². The van der Waals surface area contributed by atoms with Gasteiger partial charge in [0.05, 0.1) is 6.61 Å². The number of aliphatic hydroxyl groups excluding tert-OH is 6. The topological polar surface area (TPSA) is 215 Å². The van der Waals surface area contributed by atoms with E-state index in [9.17, 15) is 45.3 Å². The summed E-state index contributed by atoms with van der Waals surface area (Å²) in [7, 11) is 0.